The van der Waals surface area contributed by atoms with Crippen LogP contribution in [0.15, 0.2) is 27.1 Å². The van der Waals surface area contributed by atoms with Gasteiger partial charge in [-0.15, -0.1) is 0 Å². The van der Waals surface area contributed by atoms with Gasteiger partial charge in [0.05, 0.1) is 12.7 Å². The lowest BCUT2D eigenvalue weighted by Crippen LogP contribution is -2.45. The Morgan fingerprint density at radius 2 is 1.89 bits per heavy atom. The predicted octanol–water partition coefficient (Wildman–Crippen LogP) is 3.14. The van der Waals surface area contributed by atoms with Crippen molar-refractivity contribution in [2.24, 2.45) is 5.92 Å². The Bertz CT molecular complexity index is 489. The molecule has 0 aliphatic heterocycles. The van der Waals surface area contributed by atoms with E-state index in [2.05, 4.69) is 41.9 Å². The van der Waals surface area contributed by atoms with E-state index < -0.39 is 12.0 Å². The molecule has 1 atom stereocenters. The highest BCUT2D eigenvalue weighted by Crippen LogP contribution is 2.21. The van der Waals surface area contributed by atoms with Crippen LogP contribution >= 0.6 is 31.9 Å². The number of methoxy groups -OCH3 is 1. The highest BCUT2D eigenvalue weighted by molar-refractivity contribution is 9.11. The fourth-order valence-corrected chi connectivity index (χ4v) is 2.30. The molecule has 0 saturated carbocycles. The predicted molar refractivity (Wildman–Crippen MR) is 80.0 cm³/mol. The molecule has 1 N–H and O–H groups in total. The summed E-state index contributed by atoms with van der Waals surface area (Å²) in [6, 6.07) is 4.61. The first-order chi connectivity index (χ1) is 8.86. The third kappa shape index (κ3) is 4.31. The highest BCUT2D eigenvalue weighted by atomic mass is 79.9. The first-order valence-electron chi connectivity index (χ1n) is 5.70. The molecule has 1 aromatic rings. The quantitative estimate of drug-likeness (QED) is 0.800. The van der Waals surface area contributed by atoms with E-state index in [-0.39, 0.29) is 11.8 Å². The molecule has 1 amide bonds. The van der Waals surface area contributed by atoms with Gasteiger partial charge >= 0.3 is 5.97 Å². The summed E-state index contributed by atoms with van der Waals surface area (Å²) in [5.41, 5.74) is 0.462. The van der Waals surface area contributed by atoms with E-state index in [0.29, 0.717) is 10.0 Å². The lowest BCUT2D eigenvalue weighted by Gasteiger charge is -2.20. The third-order valence-corrected chi connectivity index (χ3v) is 3.77. The number of ether oxygens (including phenoxy) is 1. The number of hydrogen-bond donors (Lipinski definition) is 1. The molecule has 0 aromatic heterocycles. The Labute approximate surface area is 129 Å². The first-order valence-corrected chi connectivity index (χ1v) is 7.29. The van der Waals surface area contributed by atoms with Gasteiger partial charge in [0.1, 0.15) is 6.04 Å². The number of esters is 1. The van der Waals surface area contributed by atoms with Crippen LogP contribution < -0.4 is 5.32 Å². The maximum atomic E-state index is 12.2. The summed E-state index contributed by atoms with van der Waals surface area (Å²) in [6.07, 6.45) is 0. The number of hydrogen-bond acceptors (Lipinski definition) is 3. The second kappa shape index (κ2) is 7.05. The Kier molecular flexibility index (Phi) is 6.00. The smallest absolute Gasteiger partial charge is 0.328 e. The summed E-state index contributed by atoms with van der Waals surface area (Å²) in [5.74, 6) is -0.825. The SMILES string of the molecule is COC(=O)C(NC(=O)c1cc(Br)ccc1Br)C(C)C. The molecule has 0 radical (unpaired) electrons. The van der Waals surface area contributed by atoms with Gasteiger partial charge in [-0.05, 0) is 40.0 Å². The van der Waals surface area contributed by atoms with Gasteiger partial charge in [-0.1, -0.05) is 29.8 Å². The number of carbonyl (C=O) groups is 2. The van der Waals surface area contributed by atoms with E-state index in [0.717, 1.165) is 4.47 Å². The fraction of sp³-hybridized carbons (Fsp3) is 0.385. The van der Waals surface area contributed by atoms with E-state index in [1.165, 1.54) is 7.11 Å². The zero-order chi connectivity index (χ0) is 14.6. The standard InChI is InChI=1S/C13H15Br2NO3/c1-7(2)11(13(18)19-3)16-12(17)9-6-8(14)4-5-10(9)15/h4-7,11H,1-3H3,(H,16,17). The number of rotatable bonds is 4. The van der Waals surface area contributed by atoms with Gasteiger partial charge in [-0.2, -0.15) is 0 Å². The molecule has 4 nitrogen and oxygen atoms in total. The van der Waals surface area contributed by atoms with Gasteiger partial charge in [-0.25, -0.2) is 4.79 Å². The summed E-state index contributed by atoms with van der Waals surface area (Å²) in [6.45, 7) is 3.69. The molecule has 0 heterocycles. The second-order valence-corrected chi connectivity index (χ2v) is 6.11. The van der Waals surface area contributed by atoms with Crippen molar-refractivity contribution in [1.29, 1.82) is 0 Å². The molecular formula is C13H15Br2NO3. The Balaban J connectivity index is 2.94. The maximum absolute atomic E-state index is 12.2. The van der Waals surface area contributed by atoms with Crippen LogP contribution in [-0.2, 0) is 9.53 Å². The van der Waals surface area contributed by atoms with Crippen molar-refractivity contribution in [2.45, 2.75) is 19.9 Å². The number of nitrogens with one attached hydrogen (secondary N) is 1. The normalized spacial score (nSPS) is 12.1. The third-order valence-electron chi connectivity index (χ3n) is 2.58. The molecule has 0 bridgehead atoms. The molecule has 1 unspecified atom stereocenters. The molecule has 6 heteroatoms. The van der Waals surface area contributed by atoms with Crippen LogP contribution in [0.3, 0.4) is 0 Å². The number of halogens is 2. The maximum Gasteiger partial charge on any atom is 0.328 e. The fourth-order valence-electron chi connectivity index (χ4n) is 1.52. The highest BCUT2D eigenvalue weighted by Gasteiger charge is 2.26. The Morgan fingerprint density at radius 3 is 2.42 bits per heavy atom. The minimum atomic E-state index is -0.664. The van der Waals surface area contributed by atoms with E-state index in [1.807, 2.05) is 19.9 Å². The van der Waals surface area contributed by atoms with Crippen molar-refractivity contribution in [3.05, 3.63) is 32.7 Å². The molecule has 19 heavy (non-hydrogen) atoms. The van der Waals surface area contributed by atoms with Crippen LogP contribution in [0.25, 0.3) is 0 Å². The summed E-state index contributed by atoms with van der Waals surface area (Å²) in [4.78, 5) is 23.8. The molecule has 104 valence electrons. The van der Waals surface area contributed by atoms with Gasteiger partial charge in [0.15, 0.2) is 0 Å². The zero-order valence-corrected chi connectivity index (χ0v) is 14.0. The average molecular weight is 393 g/mol. The summed E-state index contributed by atoms with van der Waals surface area (Å²) in [5, 5.41) is 2.69. The molecule has 0 fully saturated rings. The second-order valence-electron chi connectivity index (χ2n) is 4.34. The van der Waals surface area contributed by atoms with Gasteiger partial charge in [-0.3, -0.25) is 4.79 Å². The van der Waals surface area contributed by atoms with Crippen LogP contribution in [0.4, 0.5) is 0 Å². The molecule has 0 aliphatic rings. The van der Waals surface area contributed by atoms with Gasteiger partial charge < -0.3 is 10.1 Å². The van der Waals surface area contributed by atoms with Crippen LogP contribution in [0, 0.1) is 5.92 Å². The van der Waals surface area contributed by atoms with E-state index in [4.69, 9.17) is 0 Å². The molecule has 0 saturated heterocycles. The van der Waals surface area contributed by atoms with Crippen LogP contribution in [0.2, 0.25) is 0 Å². The van der Waals surface area contributed by atoms with Crippen molar-refractivity contribution in [1.82, 2.24) is 5.32 Å². The van der Waals surface area contributed by atoms with Crippen molar-refractivity contribution >= 4 is 43.7 Å². The lowest BCUT2D eigenvalue weighted by molar-refractivity contribution is -0.144. The number of benzene rings is 1. The lowest BCUT2D eigenvalue weighted by atomic mass is 10.0. The molecular weight excluding hydrogens is 378 g/mol. The van der Waals surface area contributed by atoms with Gasteiger partial charge in [0.2, 0.25) is 0 Å². The van der Waals surface area contributed by atoms with Crippen molar-refractivity contribution in [3.8, 4) is 0 Å². The first kappa shape index (κ1) is 16.2. The topological polar surface area (TPSA) is 55.4 Å². The summed E-state index contributed by atoms with van der Waals surface area (Å²) < 4.78 is 6.15. The van der Waals surface area contributed by atoms with E-state index in [9.17, 15) is 9.59 Å². The van der Waals surface area contributed by atoms with Crippen molar-refractivity contribution in [2.75, 3.05) is 7.11 Å². The van der Waals surface area contributed by atoms with Gasteiger partial charge in [0.25, 0.3) is 5.91 Å². The van der Waals surface area contributed by atoms with Gasteiger partial charge in [0, 0.05) is 8.95 Å². The minimum absolute atomic E-state index is 0.0534. The van der Waals surface area contributed by atoms with Crippen molar-refractivity contribution < 1.29 is 14.3 Å². The molecule has 1 rings (SSSR count). The number of amides is 1. The Hall–Kier alpha value is -0.880. The molecule has 1 aromatic carbocycles. The Morgan fingerprint density at radius 1 is 1.26 bits per heavy atom. The summed E-state index contributed by atoms with van der Waals surface area (Å²) in [7, 11) is 1.30. The van der Waals surface area contributed by atoms with Crippen LogP contribution in [-0.4, -0.2) is 25.0 Å². The zero-order valence-electron chi connectivity index (χ0n) is 10.9. The van der Waals surface area contributed by atoms with Crippen molar-refractivity contribution in [3.63, 3.8) is 0 Å². The molecule has 0 aliphatic carbocycles. The van der Waals surface area contributed by atoms with Crippen LogP contribution in [0.1, 0.15) is 24.2 Å². The number of carbonyl (C=O) groups excluding carboxylic acids is 2. The minimum Gasteiger partial charge on any atom is -0.467 e. The van der Waals surface area contributed by atoms with E-state index >= 15 is 0 Å². The monoisotopic (exact) mass is 391 g/mol. The van der Waals surface area contributed by atoms with Crippen LogP contribution in [0.5, 0.6) is 0 Å². The summed E-state index contributed by atoms with van der Waals surface area (Å²) >= 11 is 6.62. The van der Waals surface area contributed by atoms with E-state index in [1.54, 1.807) is 12.1 Å². The average Bonchev–Trinajstić information content (AvgIpc) is 2.37. The molecule has 0 spiro atoms. The largest absolute Gasteiger partial charge is 0.467 e.